The van der Waals surface area contributed by atoms with Crippen molar-refractivity contribution in [1.82, 2.24) is 5.32 Å². The minimum Gasteiger partial charge on any atom is -0.477 e. The van der Waals surface area contributed by atoms with Gasteiger partial charge in [-0.05, 0) is 68.2 Å². The number of carbonyl (C=O) groups is 2. The van der Waals surface area contributed by atoms with Crippen LogP contribution >= 0.6 is 15.9 Å². The van der Waals surface area contributed by atoms with Gasteiger partial charge < -0.3 is 15.2 Å². The lowest BCUT2D eigenvalue weighted by Crippen LogP contribution is -2.28. The summed E-state index contributed by atoms with van der Waals surface area (Å²) in [5.74, 6) is -0.327. The Kier molecular flexibility index (Phi) is 6.86. The van der Waals surface area contributed by atoms with Gasteiger partial charge in [-0.25, -0.2) is 4.79 Å². The fourth-order valence-electron chi connectivity index (χ4n) is 3.42. The van der Waals surface area contributed by atoms with Crippen molar-refractivity contribution in [1.29, 1.82) is 0 Å². The van der Waals surface area contributed by atoms with E-state index in [4.69, 9.17) is 4.74 Å². The second-order valence-corrected chi connectivity index (χ2v) is 8.18. The van der Waals surface area contributed by atoms with Crippen molar-refractivity contribution >= 4 is 44.7 Å². The molecule has 0 atom stereocenters. The molecular formula is C27H20BrNO4. The number of fused-ring (bicyclic) bond motifs is 1. The van der Waals surface area contributed by atoms with Crippen molar-refractivity contribution in [2.45, 2.75) is 6.42 Å². The van der Waals surface area contributed by atoms with E-state index in [-0.39, 0.29) is 12.1 Å². The summed E-state index contributed by atoms with van der Waals surface area (Å²) >= 11 is 3.44. The van der Waals surface area contributed by atoms with Gasteiger partial charge in [0.15, 0.2) is 0 Å². The van der Waals surface area contributed by atoms with Crippen LogP contribution in [-0.2, 0) is 16.0 Å². The number of hydrogen-bond donors (Lipinski definition) is 2. The molecule has 4 rings (SSSR count). The van der Waals surface area contributed by atoms with Crippen LogP contribution < -0.4 is 10.1 Å². The summed E-state index contributed by atoms with van der Waals surface area (Å²) in [5, 5.41) is 14.1. The zero-order valence-corrected chi connectivity index (χ0v) is 19.1. The molecule has 0 aromatic heterocycles. The summed E-state index contributed by atoms with van der Waals surface area (Å²) in [5.41, 5.74) is 1.26. The summed E-state index contributed by atoms with van der Waals surface area (Å²) in [4.78, 5) is 24.3. The number of ether oxygens (including phenoxy) is 1. The van der Waals surface area contributed by atoms with Gasteiger partial charge >= 0.3 is 5.97 Å². The zero-order chi connectivity index (χ0) is 23.2. The van der Waals surface area contributed by atoms with Crippen molar-refractivity contribution in [3.8, 4) is 11.5 Å². The molecule has 5 nitrogen and oxygen atoms in total. The van der Waals surface area contributed by atoms with Crippen LogP contribution in [0, 0.1) is 0 Å². The molecule has 2 N–H and O–H groups in total. The van der Waals surface area contributed by atoms with Gasteiger partial charge in [-0.2, -0.15) is 0 Å². The quantitative estimate of drug-likeness (QED) is 0.296. The lowest BCUT2D eigenvalue weighted by molar-refractivity contribution is -0.134. The van der Waals surface area contributed by atoms with Crippen LogP contribution in [0.4, 0.5) is 0 Å². The van der Waals surface area contributed by atoms with Crippen molar-refractivity contribution in [3.05, 3.63) is 112 Å². The Morgan fingerprint density at radius 2 is 1.58 bits per heavy atom. The number of hydrogen-bond acceptors (Lipinski definition) is 3. The molecule has 0 aliphatic rings. The van der Waals surface area contributed by atoms with E-state index in [1.54, 1.807) is 24.3 Å². The van der Waals surface area contributed by atoms with E-state index < -0.39 is 11.9 Å². The first-order valence-corrected chi connectivity index (χ1v) is 11.0. The van der Waals surface area contributed by atoms with E-state index in [1.807, 2.05) is 66.7 Å². The average Bonchev–Trinajstić information content (AvgIpc) is 2.81. The highest BCUT2D eigenvalue weighted by atomic mass is 79.9. The Labute approximate surface area is 199 Å². The van der Waals surface area contributed by atoms with E-state index in [0.717, 1.165) is 20.8 Å². The third kappa shape index (κ3) is 5.67. The molecule has 0 radical (unpaired) electrons. The maximum Gasteiger partial charge on any atom is 0.352 e. The van der Waals surface area contributed by atoms with Gasteiger partial charge in [0.2, 0.25) is 5.91 Å². The first kappa shape index (κ1) is 22.3. The maximum atomic E-state index is 12.6. The molecule has 4 aromatic rings. The molecular weight excluding hydrogens is 482 g/mol. The molecule has 4 aromatic carbocycles. The number of carboxylic acid groups (broad SMARTS) is 1. The number of benzene rings is 4. The maximum absolute atomic E-state index is 12.6. The van der Waals surface area contributed by atoms with Crippen molar-refractivity contribution < 1.29 is 19.4 Å². The van der Waals surface area contributed by atoms with Crippen LogP contribution in [-0.4, -0.2) is 17.0 Å². The first-order valence-electron chi connectivity index (χ1n) is 10.2. The summed E-state index contributed by atoms with van der Waals surface area (Å²) in [6.45, 7) is 0. The van der Waals surface area contributed by atoms with Gasteiger partial charge in [0.25, 0.3) is 0 Å². The van der Waals surface area contributed by atoms with E-state index in [0.29, 0.717) is 17.1 Å². The molecule has 6 heteroatoms. The Balaban J connectivity index is 1.47. The smallest absolute Gasteiger partial charge is 0.352 e. The van der Waals surface area contributed by atoms with Crippen LogP contribution in [0.3, 0.4) is 0 Å². The molecule has 0 spiro atoms. The monoisotopic (exact) mass is 501 g/mol. The first-order chi connectivity index (χ1) is 16.0. The predicted molar refractivity (Wildman–Crippen MR) is 132 cm³/mol. The van der Waals surface area contributed by atoms with Crippen LogP contribution in [0.2, 0.25) is 0 Å². The Morgan fingerprint density at radius 3 is 2.33 bits per heavy atom. The summed E-state index contributed by atoms with van der Waals surface area (Å²) in [6, 6.07) is 27.9. The number of amides is 1. The molecule has 0 saturated heterocycles. The van der Waals surface area contributed by atoms with Gasteiger partial charge in [-0.1, -0.05) is 66.7 Å². The van der Waals surface area contributed by atoms with Gasteiger partial charge in [-0.15, -0.1) is 0 Å². The third-order valence-electron chi connectivity index (χ3n) is 4.99. The van der Waals surface area contributed by atoms with E-state index >= 15 is 0 Å². The molecule has 1 amide bonds. The number of carboxylic acids is 1. The van der Waals surface area contributed by atoms with Gasteiger partial charge in [0, 0.05) is 0 Å². The van der Waals surface area contributed by atoms with E-state index in [1.165, 1.54) is 6.08 Å². The molecule has 164 valence electrons. The number of rotatable bonds is 7. The minimum atomic E-state index is -1.21. The number of nitrogens with one attached hydrogen (secondary N) is 1. The number of halogens is 1. The van der Waals surface area contributed by atoms with Gasteiger partial charge in [0.1, 0.15) is 17.2 Å². The fourth-order valence-corrected chi connectivity index (χ4v) is 3.78. The number of para-hydroxylation sites is 1. The lowest BCUT2D eigenvalue weighted by Gasteiger charge is -2.09. The normalized spacial score (nSPS) is 11.2. The van der Waals surface area contributed by atoms with E-state index in [2.05, 4.69) is 21.2 Å². The summed E-state index contributed by atoms with van der Waals surface area (Å²) in [7, 11) is 0. The third-order valence-corrected chi connectivity index (χ3v) is 5.65. The molecule has 0 fully saturated rings. The highest BCUT2D eigenvalue weighted by Gasteiger charge is 2.13. The molecule has 0 aliphatic heterocycles. The van der Waals surface area contributed by atoms with Crippen molar-refractivity contribution in [2.24, 2.45) is 0 Å². The second kappa shape index (κ2) is 10.1. The predicted octanol–water partition coefficient (Wildman–Crippen LogP) is 6.18. The largest absolute Gasteiger partial charge is 0.477 e. The van der Waals surface area contributed by atoms with E-state index in [9.17, 15) is 14.7 Å². The molecule has 0 aliphatic carbocycles. The average molecular weight is 502 g/mol. The molecule has 0 unspecified atom stereocenters. The van der Waals surface area contributed by atoms with Crippen LogP contribution in [0.5, 0.6) is 11.5 Å². The Morgan fingerprint density at radius 1 is 0.879 bits per heavy atom. The minimum absolute atomic E-state index is 0.0741. The standard InChI is InChI=1S/C27H20BrNO4/c28-23-10-3-4-11-25(23)33-21-14-12-18(13-15-21)16-24(27(31)32)29-26(30)17-20-8-5-7-19-6-1-2-9-22(19)20/h1-16H,17H2,(H,29,30)(H,31,32). The van der Waals surface area contributed by atoms with Crippen molar-refractivity contribution in [2.75, 3.05) is 0 Å². The van der Waals surface area contributed by atoms with Crippen LogP contribution in [0.15, 0.2) is 101 Å². The highest BCUT2D eigenvalue weighted by Crippen LogP contribution is 2.29. The number of carbonyl (C=O) groups excluding carboxylic acids is 1. The van der Waals surface area contributed by atoms with Gasteiger partial charge in [-0.3, -0.25) is 4.79 Å². The lowest BCUT2D eigenvalue weighted by atomic mass is 10.0. The van der Waals surface area contributed by atoms with Crippen molar-refractivity contribution in [3.63, 3.8) is 0 Å². The molecule has 0 bridgehead atoms. The molecule has 0 heterocycles. The molecule has 33 heavy (non-hydrogen) atoms. The fraction of sp³-hybridized carbons (Fsp3) is 0.0370. The second-order valence-electron chi connectivity index (χ2n) is 7.33. The topological polar surface area (TPSA) is 75.6 Å². The molecule has 0 saturated carbocycles. The SMILES string of the molecule is O=C(Cc1cccc2ccccc12)NC(=Cc1ccc(Oc2ccccc2Br)cc1)C(=O)O. The number of aliphatic carboxylic acids is 1. The van der Waals surface area contributed by atoms with Gasteiger partial charge in [0.05, 0.1) is 10.9 Å². The van der Waals surface area contributed by atoms with Crippen LogP contribution in [0.1, 0.15) is 11.1 Å². The zero-order valence-electron chi connectivity index (χ0n) is 17.5. The summed E-state index contributed by atoms with van der Waals surface area (Å²) < 4.78 is 6.66. The highest BCUT2D eigenvalue weighted by molar-refractivity contribution is 9.10. The summed E-state index contributed by atoms with van der Waals surface area (Å²) in [6.07, 6.45) is 1.50. The van der Waals surface area contributed by atoms with Crippen LogP contribution in [0.25, 0.3) is 16.8 Å². The Hall–Kier alpha value is -3.90. The Bertz CT molecular complexity index is 1340.